The lowest BCUT2D eigenvalue weighted by Crippen LogP contribution is -2.27. The van der Waals surface area contributed by atoms with Crippen LogP contribution in [0.3, 0.4) is 0 Å². The Hall–Kier alpha value is -11.4. The van der Waals surface area contributed by atoms with Crippen molar-refractivity contribution < 1.29 is 13.2 Å². The number of hydrogen-bond acceptors (Lipinski definition) is 4. The largest absolute Gasteiger partial charge is 0.420 e. The van der Waals surface area contributed by atoms with Gasteiger partial charge in [-0.1, -0.05) is 142 Å². The van der Waals surface area contributed by atoms with Crippen LogP contribution >= 0.6 is 0 Å². The highest BCUT2D eigenvalue weighted by Gasteiger charge is 2.46. The van der Waals surface area contributed by atoms with Gasteiger partial charge in [0.25, 0.3) is 0 Å². The van der Waals surface area contributed by atoms with Gasteiger partial charge in [0.15, 0.2) is 0 Å². The van der Waals surface area contributed by atoms with E-state index >= 15 is 13.2 Å². The minimum Gasteiger partial charge on any atom is -0.307 e. The molecule has 0 aliphatic carbocycles. The number of alkyl halides is 3. The zero-order chi connectivity index (χ0) is 60.6. The molecule has 90 heavy (non-hydrogen) atoms. The maximum atomic E-state index is 18.9. The fourth-order valence-corrected chi connectivity index (χ4v) is 14.2. The molecular formula is C79H53F3N8. The molecule has 430 valence electrons. The number of benzene rings is 9. The smallest absolute Gasteiger partial charge is 0.307 e. The van der Waals surface area contributed by atoms with Gasteiger partial charge in [0.05, 0.1) is 89.7 Å². The molecule has 11 heteroatoms. The molecule has 0 aliphatic rings. The standard InChI is InChI=1S/C79H53F3N8/c1-78(2,3)72-74(89-68-36-32-48(60-24-12-16-40-83-60)44-56(68)57-45-49(33-37-69(57)89)61-25-13-17-41-84-61)76(87-64-28-8-4-20-52(64)53-21-5-9-29-65(53)87)73(79(80,81)82)77(88-66-30-10-6-22-54(66)55-23-7-11-31-67(55)88)75(72)90-70-38-34-50(62-26-14-18-42-85-62)46-58(70)59-47-51(35-39-71(59)90)63-27-15-19-43-86-63/h4-47H,1-3H3. The molecule has 0 aliphatic heterocycles. The van der Waals surface area contributed by atoms with E-state index in [2.05, 4.69) is 78.4 Å². The molecule has 17 aromatic rings. The van der Waals surface area contributed by atoms with Gasteiger partial charge in [0.2, 0.25) is 0 Å². The SMILES string of the molecule is CC(C)(C)c1c(-n2c3ccc(-c4ccccn4)cc3c3cc(-c4ccccn4)ccc32)c(-n2c3ccccc3c3ccccc32)c(C(F)(F)F)c(-n2c3ccccc3c3ccccc32)c1-n1c2ccc(-c3ccccn3)cc2c2cc(-c3ccccn3)ccc21. The number of halogens is 3. The van der Waals surface area contributed by atoms with Gasteiger partial charge in [0.1, 0.15) is 5.56 Å². The van der Waals surface area contributed by atoms with Gasteiger partial charge in [-0.15, -0.1) is 0 Å². The zero-order valence-electron chi connectivity index (χ0n) is 49.1. The van der Waals surface area contributed by atoms with Crippen molar-refractivity contribution in [2.45, 2.75) is 32.4 Å². The number of fused-ring (bicyclic) bond motifs is 12. The van der Waals surface area contributed by atoms with Crippen LogP contribution in [0.4, 0.5) is 13.2 Å². The summed E-state index contributed by atoms with van der Waals surface area (Å²) in [7, 11) is 0. The average molecular weight is 1170 g/mol. The second-order valence-corrected chi connectivity index (χ2v) is 24.1. The van der Waals surface area contributed by atoms with Crippen molar-refractivity contribution in [2.24, 2.45) is 0 Å². The van der Waals surface area contributed by atoms with Crippen molar-refractivity contribution in [3.63, 3.8) is 0 Å². The first-order chi connectivity index (χ1) is 44.0. The summed E-state index contributed by atoms with van der Waals surface area (Å²) < 4.78 is 64.8. The van der Waals surface area contributed by atoms with Crippen LogP contribution in [0.1, 0.15) is 31.9 Å². The summed E-state index contributed by atoms with van der Waals surface area (Å²) in [6.07, 6.45) is 2.06. The molecule has 8 heterocycles. The molecule has 0 saturated heterocycles. The van der Waals surface area contributed by atoms with Crippen molar-refractivity contribution in [3.05, 3.63) is 279 Å². The van der Waals surface area contributed by atoms with Crippen LogP contribution in [0.2, 0.25) is 0 Å². The molecule has 8 nitrogen and oxygen atoms in total. The minimum absolute atomic E-state index is 0.0116. The van der Waals surface area contributed by atoms with Crippen molar-refractivity contribution in [2.75, 3.05) is 0 Å². The third-order valence-electron chi connectivity index (χ3n) is 17.9. The van der Waals surface area contributed by atoms with Crippen molar-refractivity contribution in [1.29, 1.82) is 0 Å². The van der Waals surface area contributed by atoms with Crippen molar-refractivity contribution in [3.8, 4) is 67.8 Å². The molecule has 0 amide bonds. The van der Waals surface area contributed by atoms with E-state index in [9.17, 15) is 0 Å². The number of aromatic nitrogens is 8. The van der Waals surface area contributed by atoms with E-state index in [0.29, 0.717) is 61.1 Å². The van der Waals surface area contributed by atoms with Gasteiger partial charge in [-0.25, -0.2) is 0 Å². The Kier molecular flexibility index (Phi) is 11.8. The predicted molar refractivity (Wildman–Crippen MR) is 360 cm³/mol. The van der Waals surface area contributed by atoms with Crippen LogP contribution < -0.4 is 0 Å². The summed E-state index contributed by atoms with van der Waals surface area (Å²) in [5, 5.41) is 6.63. The summed E-state index contributed by atoms with van der Waals surface area (Å²) in [5.41, 5.74) is 11.5. The van der Waals surface area contributed by atoms with Crippen LogP contribution in [-0.2, 0) is 11.6 Å². The van der Waals surface area contributed by atoms with E-state index < -0.39 is 17.2 Å². The van der Waals surface area contributed by atoms with Gasteiger partial charge in [-0.2, -0.15) is 13.2 Å². The maximum absolute atomic E-state index is 18.9. The summed E-state index contributed by atoms with van der Waals surface area (Å²) in [6, 6.07) is 79.8. The lowest BCUT2D eigenvalue weighted by atomic mass is 9.81. The van der Waals surface area contributed by atoms with E-state index in [0.717, 1.165) is 88.1 Å². The molecule has 0 atom stereocenters. The number of pyridine rings is 4. The minimum atomic E-state index is -5.06. The molecule has 8 aromatic heterocycles. The number of para-hydroxylation sites is 4. The van der Waals surface area contributed by atoms with Gasteiger partial charge in [-0.05, 0) is 127 Å². The third-order valence-corrected chi connectivity index (χ3v) is 17.9. The van der Waals surface area contributed by atoms with Gasteiger partial charge in [0, 0.05) is 95.7 Å². The summed E-state index contributed by atoms with van der Waals surface area (Å²) in [6.45, 7) is 6.44. The average Bonchev–Trinajstić information content (AvgIpc) is 1.37. The Morgan fingerprint density at radius 1 is 0.256 bits per heavy atom. The second-order valence-electron chi connectivity index (χ2n) is 24.1. The molecule has 0 radical (unpaired) electrons. The van der Waals surface area contributed by atoms with E-state index in [1.807, 2.05) is 203 Å². The Morgan fingerprint density at radius 3 is 0.722 bits per heavy atom. The zero-order valence-corrected chi connectivity index (χ0v) is 49.1. The van der Waals surface area contributed by atoms with Gasteiger partial charge in [-0.3, -0.25) is 19.9 Å². The van der Waals surface area contributed by atoms with E-state index in [-0.39, 0.29) is 11.4 Å². The lowest BCUT2D eigenvalue weighted by molar-refractivity contribution is -0.137. The Balaban J connectivity index is 1.17. The number of hydrogen-bond donors (Lipinski definition) is 0. The second kappa shape index (κ2) is 20.1. The normalized spacial score (nSPS) is 12.3. The molecule has 9 aromatic carbocycles. The molecule has 17 rings (SSSR count). The number of rotatable bonds is 8. The third kappa shape index (κ3) is 8.08. The van der Waals surface area contributed by atoms with Crippen LogP contribution in [0, 0.1) is 0 Å². The quantitative estimate of drug-likeness (QED) is 0.152. The molecule has 0 saturated carbocycles. The first-order valence-corrected chi connectivity index (χ1v) is 30.1. The number of nitrogens with zero attached hydrogens (tertiary/aromatic N) is 8. The molecular weight excluding hydrogens is 1120 g/mol. The Bertz CT molecular complexity index is 5100. The van der Waals surface area contributed by atoms with Crippen LogP contribution in [0.5, 0.6) is 0 Å². The topological polar surface area (TPSA) is 71.3 Å². The maximum Gasteiger partial charge on any atom is 0.420 e. The first-order valence-electron chi connectivity index (χ1n) is 30.1. The fraction of sp³-hybridized carbons (Fsp3) is 0.0633. The van der Waals surface area contributed by atoms with Crippen molar-refractivity contribution in [1.82, 2.24) is 38.2 Å². The highest BCUT2D eigenvalue weighted by atomic mass is 19.4. The summed E-state index contributed by atoms with van der Waals surface area (Å²) >= 11 is 0. The fourth-order valence-electron chi connectivity index (χ4n) is 14.2. The predicted octanol–water partition coefficient (Wildman–Crippen LogP) is 20.6. The molecule has 0 N–H and O–H groups in total. The van der Waals surface area contributed by atoms with Crippen molar-refractivity contribution >= 4 is 87.2 Å². The monoisotopic (exact) mass is 1170 g/mol. The van der Waals surface area contributed by atoms with Gasteiger partial charge < -0.3 is 18.3 Å². The van der Waals surface area contributed by atoms with Crippen LogP contribution in [0.25, 0.3) is 155 Å². The Morgan fingerprint density at radius 2 is 0.489 bits per heavy atom. The van der Waals surface area contributed by atoms with Gasteiger partial charge >= 0.3 is 6.18 Å². The highest BCUT2D eigenvalue weighted by Crippen LogP contribution is 2.55. The lowest BCUT2D eigenvalue weighted by Gasteiger charge is -2.35. The van der Waals surface area contributed by atoms with E-state index in [1.54, 1.807) is 24.8 Å². The molecule has 0 fully saturated rings. The highest BCUT2D eigenvalue weighted by molar-refractivity contribution is 6.17. The molecule has 0 unspecified atom stereocenters. The Labute approximate surface area is 514 Å². The first kappa shape index (κ1) is 52.9. The van der Waals surface area contributed by atoms with E-state index in [1.165, 1.54) is 0 Å². The molecule has 0 bridgehead atoms. The summed E-state index contributed by atoms with van der Waals surface area (Å²) in [5.74, 6) is 0. The molecule has 0 spiro atoms. The van der Waals surface area contributed by atoms with E-state index in [4.69, 9.17) is 19.9 Å². The summed E-state index contributed by atoms with van der Waals surface area (Å²) in [4.78, 5) is 19.2. The van der Waals surface area contributed by atoms with Crippen LogP contribution in [0.15, 0.2) is 267 Å². The van der Waals surface area contributed by atoms with Crippen LogP contribution in [-0.4, -0.2) is 38.2 Å².